The summed E-state index contributed by atoms with van der Waals surface area (Å²) >= 11 is 0. The van der Waals surface area contributed by atoms with Crippen LogP contribution in [0.15, 0.2) is 0 Å². The maximum atomic E-state index is 12.1. The summed E-state index contributed by atoms with van der Waals surface area (Å²) in [4.78, 5) is 24.5. The summed E-state index contributed by atoms with van der Waals surface area (Å²) in [5, 5.41) is 8.67. The number of likely N-dealkylation sites (tertiary alicyclic amines) is 1. The number of amides is 1. The first kappa shape index (κ1) is 14.3. The molecule has 1 N–H and O–H groups in total. The number of carboxylic acid groups (broad SMARTS) is 1. The van der Waals surface area contributed by atoms with Crippen molar-refractivity contribution in [1.29, 1.82) is 0 Å². The van der Waals surface area contributed by atoms with Gasteiger partial charge in [-0.3, -0.25) is 9.59 Å². The third kappa shape index (κ3) is 4.49. The highest BCUT2D eigenvalue weighted by Crippen LogP contribution is 2.23. The van der Waals surface area contributed by atoms with Crippen molar-refractivity contribution >= 4 is 11.9 Å². The number of nitrogens with zero attached hydrogens (tertiary/aromatic N) is 1. The molecule has 0 spiro atoms. The lowest BCUT2D eigenvalue weighted by Gasteiger charge is -2.24. The molecule has 0 aromatic carbocycles. The summed E-state index contributed by atoms with van der Waals surface area (Å²) in [5.41, 5.74) is 0. The normalized spacial score (nSPS) is 27.5. The number of ether oxygens (including phenoxy) is 1. The molecule has 2 heterocycles. The van der Waals surface area contributed by atoms with Gasteiger partial charge in [0.2, 0.25) is 5.91 Å². The largest absolute Gasteiger partial charge is 0.481 e. The fraction of sp³-hybridized carbons (Fsp3) is 0.857. The molecule has 2 rings (SSSR count). The van der Waals surface area contributed by atoms with Gasteiger partial charge < -0.3 is 14.7 Å². The van der Waals surface area contributed by atoms with E-state index in [1.165, 1.54) is 0 Å². The van der Waals surface area contributed by atoms with Crippen LogP contribution in [0.1, 0.15) is 44.9 Å². The molecule has 2 aliphatic heterocycles. The minimum Gasteiger partial charge on any atom is -0.481 e. The zero-order valence-electron chi connectivity index (χ0n) is 11.3. The van der Waals surface area contributed by atoms with Crippen molar-refractivity contribution in [2.45, 2.75) is 51.0 Å². The molecule has 5 nitrogen and oxygen atoms in total. The Morgan fingerprint density at radius 1 is 1.26 bits per heavy atom. The maximum absolute atomic E-state index is 12.1. The van der Waals surface area contributed by atoms with E-state index >= 15 is 0 Å². The van der Waals surface area contributed by atoms with Crippen LogP contribution in [0, 0.1) is 5.92 Å². The molecular weight excluding hydrogens is 246 g/mol. The second-order valence-electron chi connectivity index (χ2n) is 5.62. The first-order chi connectivity index (χ1) is 9.15. The van der Waals surface area contributed by atoms with Gasteiger partial charge in [0, 0.05) is 26.1 Å². The van der Waals surface area contributed by atoms with Crippen molar-refractivity contribution in [3.05, 3.63) is 0 Å². The van der Waals surface area contributed by atoms with E-state index in [0.717, 1.165) is 45.4 Å². The van der Waals surface area contributed by atoms with Crippen molar-refractivity contribution in [2.75, 3.05) is 19.7 Å². The van der Waals surface area contributed by atoms with Gasteiger partial charge in [-0.05, 0) is 38.0 Å². The smallest absolute Gasteiger partial charge is 0.303 e. The van der Waals surface area contributed by atoms with E-state index in [4.69, 9.17) is 9.84 Å². The third-order valence-corrected chi connectivity index (χ3v) is 4.08. The first-order valence-corrected chi connectivity index (χ1v) is 7.26. The minimum atomic E-state index is -0.750. The van der Waals surface area contributed by atoms with Crippen LogP contribution in [0.2, 0.25) is 0 Å². The fourth-order valence-corrected chi connectivity index (χ4v) is 2.91. The Kier molecular flexibility index (Phi) is 5.19. The molecule has 0 radical (unpaired) electrons. The van der Waals surface area contributed by atoms with Gasteiger partial charge in [-0.2, -0.15) is 0 Å². The van der Waals surface area contributed by atoms with E-state index in [2.05, 4.69) is 0 Å². The van der Waals surface area contributed by atoms with Crippen molar-refractivity contribution in [3.63, 3.8) is 0 Å². The topological polar surface area (TPSA) is 66.8 Å². The standard InChI is InChI=1S/C14H23NO4/c16-13(9-12-3-1-2-8-19-12)15-7-6-11(10-15)4-5-14(17)18/h11-12H,1-10H2,(H,17,18). The van der Waals surface area contributed by atoms with Crippen LogP contribution < -0.4 is 0 Å². The van der Waals surface area contributed by atoms with Gasteiger partial charge in [-0.15, -0.1) is 0 Å². The van der Waals surface area contributed by atoms with Crippen LogP contribution in [0.5, 0.6) is 0 Å². The monoisotopic (exact) mass is 269 g/mol. The van der Waals surface area contributed by atoms with Gasteiger partial charge in [0.25, 0.3) is 0 Å². The summed E-state index contributed by atoms with van der Waals surface area (Å²) in [6.07, 6.45) is 5.65. The number of hydrogen-bond acceptors (Lipinski definition) is 3. The molecule has 0 aliphatic carbocycles. The van der Waals surface area contributed by atoms with Crippen LogP contribution in [0.4, 0.5) is 0 Å². The number of rotatable bonds is 5. The molecule has 0 bridgehead atoms. The maximum Gasteiger partial charge on any atom is 0.303 e. The second-order valence-corrected chi connectivity index (χ2v) is 5.62. The summed E-state index contributed by atoms with van der Waals surface area (Å²) in [7, 11) is 0. The van der Waals surface area contributed by atoms with Gasteiger partial charge in [-0.25, -0.2) is 0 Å². The molecular formula is C14H23NO4. The van der Waals surface area contributed by atoms with Crippen molar-refractivity contribution < 1.29 is 19.4 Å². The Morgan fingerprint density at radius 2 is 2.11 bits per heavy atom. The van der Waals surface area contributed by atoms with Gasteiger partial charge in [0.1, 0.15) is 0 Å². The molecule has 5 heteroatoms. The third-order valence-electron chi connectivity index (χ3n) is 4.08. The molecule has 2 saturated heterocycles. The quantitative estimate of drug-likeness (QED) is 0.824. The average Bonchev–Trinajstić information content (AvgIpc) is 2.86. The fourth-order valence-electron chi connectivity index (χ4n) is 2.91. The lowest BCUT2D eigenvalue weighted by Crippen LogP contribution is -2.33. The highest BCUT2D eigenvalue weighted by molar-refractivity contribution is 5.77. The summed E-state index contributed by atoms with van der Waals surface area (Å²) in [6, 6.07) is 0. The summed E-state index contributed by atoms with van der Waals surface area (Å²) < 4.78 is 5.59. The minimum absolute atomic E-state index is 0.0966. The second kappa shape index (κ2) is 6.89. The van der Waals surface area contributed by atoms with E-state index in [1.54, 1.807) is 0 Å². The molecule has 1 amide bonds. The van der Waals surface area contributed by atoms with Crippen molar-refractivity contribution in [2.24, 2.45) is 5.92 Å². The van der Waals surface area contributed by atoms with Gasteiger partial charge >= 0.3 is 5.97 Å². The van der Waals surface area contributed by atoms with E-state index < -0.39 is 5.97 Å². The Bertz CT molecular complexity index is 325. The van der Waals surface area contributed by atoms with Gasteiger partial charge in [-0.1, -0.05) is 0 Å². The molecule has 19 heavy (non-hydrogen) atoms. The SMILES string of the molecule is O=C(O)CCC1CCN(C(=O)CC2CCCCO2)C1. The zero-order valence-corrected chi connectivity index (χ0v) is 11.3. The molecule has 2 unspecified atom stereocenters. The Hall–Kier alpha value is -1.10. The van der Waals surface area contributed by atoms with Gasteiger partial charge in [0.05, 0.1) is 12.5 Å². The van der Waals surface area contributed by atoms with E-state index in [9.17, 15) is 9.59 Å². The van der Waals surface area contributed by atoms with Crippen LogP contribution in [0.25, 0.3) is 0 Å². The number of carbonyl (C=O) groups excluding carboxylic acids is 1. The molecule has 2 atom stereocenters. The number of hydrogen-bond donors (Lipinski definition) is 1. The van der Waals surface area contributed by atoms with E-state index in [1.807, 2.05) is 4.90 Å². The predicted molar refractivity (Wildman–Crippen MR) is 69.8 cm³/mol. The molecule has 0 aromatic rings. The van der Waals surface area contributed by atoms with E-state index in [0.29, 0.717) is 18.8 Å². The Morgan fingerprint density at radius 3 is 2.79 bits per heavy atom. The lowest BCUT2D eigenvalue weighted by atomic mass is 10.0. The molecule has 2 aliphatic rings. The van der Waals surface area contributed by atoms with Crippen LogP contribution in [0.3, 0.4) is 0 Å². The number of carboxylic acids is 1. The highest BCUT2D eigenvalue weighted by atomic mass is 16.5. The van der Waals surface area contributed by atoms with Crippen LogP contribution in [-0.2, 0) is 14.3 Å². The molecule has 108 valence electrons. The molecule has 2 fully saturated rings. The number of aliphatic carboxylic acids is 1. The Balaban J connectivity index is 1.70. The van der Waals surface area contributed by atoms with Gasteiger partial charge in [0.15, 0.2) is 0 Å². The summed E-state index contributed by atoms with van der Waals surface area (Å²) in [6.45, 7) is 2.27. The lowest BCUT2D eigenvalue weighted by molar-refractivity contribution is -0.137. The first-order valence-electron chi connectivity index (χ1n) is 7.26. The van der Waals surface area contributed by atoms with Crippen molar-refractivity contribution in [3.8, 4) is 0 Å². The Labute approximate surface area is 113 Å². The van der Waals surface area contributed by atoms with Crippen LogP contribution >= 0.6 is 0 Å². The van der Waals surface area contributed by atoms with E-state index in [-0.39, 0.29) is 18.4 Å². The zero-order chi connectivity index (χ0) is 13.7. The predicted octanol–water partition coefficient (Wildman–Crippen LogP) is 1.66. The average molecular weight is 269 g/mol. The molecule has 0 saturated carbocycles. The highest BCUT2D eigenvalue weighted by Gasteiger charge is 2.28. The van der Waals surface area contributed by atoms with Crippen LogP contribution in [-0.4, -0.2) is 47.7 Å². The molecule has 0 aromatic heterocycles. The van der Waals surface area contributed by atoms with Crippen molar-refractivity contribution in [1.82, 2.24) is 4.90 Å². The number of carbonyl (C=O) groups is 2. The summed E-state index contributed by atoms with van der Waals surface area (Å²) in [5.74, 6) is -0.225.